The van der Waals surface area contributed by atoms with Crippen molar-refractivity contribution in [3.8, 4) is 6.07 Å². The minimum atomic E-state index is -0.328. The molecule has 3 rings (SSSR count). The number of rotatable bonds is 4. The quantitative estimate of drug-likeness (QED) is 0.762. The molecule has 0 aliphatic heterocycles. The van der Waals surface area contributed by atoms with E-state index in [1.54, 1.807) is 30.3 Å². The molecule has 0 unspecified atom stereocenters. The lowest BCUT2D eigenvalue weighted by Crippen LogP contribution is -2.15. The summed E-state index contributed by atoms with van der Waals surface area (Å²) in [6, 6.07) is 19.9. The van der Waals surface area contributed by atoms with Gasteiger partial charge in [-0.25, -0.2) is 0 Å². The van der Waals surface area contributed by atoms with Crippen molar-refractivity contribution >= 4 is 23.1 Å². The van der Waals surface area contributed by atoms with E-state index in [2.05, 4.69) is 26.9 Å². The SMILES string of the molecule is Cc1ccccc1NC(=O)c1ccc(Nc2ccccc2C#N)nn1. The molecule has 0 saturated heterocycles. The van der Waals surface area contributed by atoms with E-state index in [9.17, 15) is 4.79 Å². The maximum Gasteiger partial charge on any atom is 0.276 e. The van der Waals surface area contributed by atoms with Crippen molar-refractivity contribution in [2.45, 2.75) is 6.92 Å². The predicted molar refractivity (Wildman–Crippen MR) is 95.6 cm³/mol. The number of hydrogen-bond acceptors (Lipinski definition) is 5. The second kappa shape index (κ2) is 7.23. The molecule has 122 valence electrons. The number of amides is 1. The van der Waals surface area contributed by atoms with Crippen molar-refractivity contribution in [1.29, 1.82) is 5.26 Å². The Balaban J connectivity index is 1.73. The minimum Gasteiger partial charge on any atom is -0.338 e. The molecule has 1 amide bonds. The van der Waals surface area contributed by atoms with E-state index >= 15 is 0 Å². The molecule has 0 fully saturated rings. The van der Waals surface area contributed by atoms with Gasteiger partial charge in [-0.15, -0.1) is 10.2 Å². The monoisotopic (exact) mass is 329 g/mol. The number of anilines is 3. The van der Waals surface area contributed by atoms with E-state index in [0.29, 0.717) is 17.1 Å². The summed E-state index contributed by atoms with van der Waals surface area (Å²) in [7, 11) is 0. The van der Waals surface area contributed by atoms with Crippen molar-refractivity contribution in [2.75, 3.05) is 10.6 Å². The summed E-state index contributed by atoms with van der Waals surface area (Å²) in [6.07, 6.45) is 0. The third-order valence-electron chi connectivity index (χ3n) is 3.60. The van der Waals surface area contributed by atoms with E-state index in [0.717, 1.165) is 11.3 Å². The second-order valence-electron chi connectivity index (χ2n) is 5.36. The second-order valence-corrected chi connectivity index (χ2v) is 5.36. The van der Waals surface area contributed by atoms with Crippen molar-refractivity contribution in [2.24, 2.45) is 0 Å². The average Bonchev–Trinajstić information content (AvgIpc) is 2.64. The van der Waals surface area contributed by atoms with Gasteiger partial charge in [0.1, 0.15) is 6.07 Å². The lowest BCUT2D eigenvalue weighted by atomic mass is 10.2. The van der Waals surface area contributed by atoms with Crippen molar-refractivity contribution in [3.63, 3.8) is 0 Å². The summed E-state index contributed by atoms with van der Waals surface area (Å²) in [5.74, 6) is 0.126. The lowest BCUT2D eigenvalue weighted by Gasteiger charge is -2.08. The van der Waals surface area contributed by atoms with Crippen LogP contribution in [-0.2, 0) is 0 Å². The van der Waals surface area contributed by atoms with Gasteiger partial charge in [-0.1, -0.05) is 30.3 Å². The number of carbonyl (C=O) groups is 1. The topological polar surface area (TPSA) is 90.7 Å². The number of hydrogen-bond donors (Lipinski definition) is 2. The van der Waals surface area contributed by atoms with E-state index in [1.807, 2.05) is 37.3 Å². The molecule has 6 nitrogen and oxygen atoms in total. The first-order chi connectivity index (χ1) is 12.2. The molecule has 0 radical (unpaired) electrons. The highest BCUT2D eigenvalue weighted by molar-refractivity contribution is 6.03. The fourth-order valence-corrected chi connectivity index (χ4v) is 2.25. The molecule has 25 heavy (non-hydrogen) atoms. The Hall–Kier alpha value is -3.72. The molecule has 0 bridgehead atoms. The Morgan fingerprint density at radius 2 is 1.68 bits per heavy atom. The Bertz CT molecular complexity index is 945. The number of nitriles is 1. The molecule has 1 heterocycles. The number of carbonyl (C=O) groups excluding carboxylic acids is 1. The number of aromatic nitrogens is 2. The number of aryl methyl sites for hydroxylation is 1. The fourth-order valence-electron chi connectivity index (χ4n) is 2.25. The van der Waals surface area contributed by atoms with Crippen LogP contribution in [0.4, 0.5) is 17.2 Å². The first-order valence-electron chi connectivity index (χ1n) is 7.64. The Morgan fingerprint density at radius 1 is 0.960 bits per heavy atom. The van der Waals surface area contributed by atoms with Crippen LogP contribution in [0.15, 0.2) is 60.7 Å². The zero-order valence-electron chi connectivity index (χ0n) is 13.5. The molecular formula is C19H15N5O. The molecule has 2 aromatic carbocycles. The van der Waals surface area contributed by atoms with E-state index < -0.39 is 0 Å². The molecule has 0 atom stereocenters. The van der Waals surface area contributed by atoms with Crippen LogP contribution >= 0.6 is 0 Å². The molecule has 0 saturated carbocycles. The highest BCUT2D eigenvalue weighted by atomic mass is 16.1. The summed E-state index contributed by atoms with van der Waals surface area (Å²) in [5.41, 5.74) is 3.05. The molecule has 0 aliphatic rings. The van der Waals surface area contributed by atoms with Crippen LogP contribution in [0.1, 0.15) is 21.6 Å². The van der Waals surface area contributed by atoms with Crippen molar-refractivity contribution < 1.29 is 4.79 Å². The molecule has 2 N–H and O–H groups in total. The summed E-state index contributed by atoms with van der Waals surface area (Å²) in [4.78, 5) is 12.3. The van der Waals surface area contributed by atoms with Gasteiger partial charge in [-0.2, -0.15) is 5.26 Å². The van der Waals surface area contributed by atoms with Gasteiger partial charge >= 0.3 is 0 Å². The smallest absolute Gasteiger partial charge is 0.276 e. The fraction of sp³-hybridized carbons (Fsp3) is 0.0526. The molecule has 1 aromatic heterocycles. The summed E-state index contributed by atoms with van der Waals surface area (Å²) in [5, 5.41) is 22.9. The van der Waals surface area contributed by atoms with Crippen LogP contribution < -0.4 is 10.6 Å². The zero-order valence-corrected chi connectivity index (χ0v) is 13.5. The van der Waals surface area contributed by atoms with Crippen LogP contribution in [0, 0.1) is 18.3 Å². The largest absolute Gasteiger partial charge is 0.338 e. The molecule has 0 spiro atoms. The lowest BCUT2D eigenvalue weighted by molar-refractivity contribution is 0.102. The van der Waals surface area contributed by atoms with Crippen LogP contribution in [0.25, 0.3) is 0 Å². The van der Waals surface area contributed by atoms with Gasteiger partial charge in [0.25, 0.3) is 5.91 Å². The van der Waals surface area contributed by atoms with Gasteiger partial charge in [-0.05, 0) is 42.8 Å². The van der Waals surface area contributed by atoms with Crippen LogP contribution in [-0.4, -0.2) is 16.1 Å². The summed E-state index contributed by atoms with van der Waals surface area (Å²) >= 11 is 0. The third-order valence-corrected chi connectivity index (χ3v) is 3.60. The molecule has 3 aromatic rings. The van der Waals surface area contributed by atoms with Gasteiger partial charge in [0, 0.05) is 5.69 Å². The van der Waals surface area contributed by atoms with Gasteiger partial charge in [0.2, 0.25) is 0 Å². The number of nitrogens with one attached hydrogen (secondary N) is 2. The highest BCUT2D eigenvalue weighted by Crippen LogP contribution is 2.19. The Kier molecular flexibility index (Phi) is 4.67. The standard InChI is InChI=1S/C19H15N5O/c1-13-6-2-4-8-15(13)22-19(25)17-10-11-18(24-23-17)21-16-9-5-3-7-14(16)12-20/h2-11H,1H3,(H,21,24)(H,22,25). The molecule has 6 heteroatoms. The number of nitrogens with zero attached hydrogens (tertiary/aromatic N) is 3. The Morgan fingerprint density at radius 3 is 2.36 bits per heavy atom. The van der Waals surface area contributed by atoms with Crippen molar-refractivity contribution in [1.82, 2.24) is 10.2 Å². The predicted octanol–water partition coefficient (Wildman–Crippen LogP) is 3.65. The molecule has 0 aliphatic carbocycles. The average molecular weight is 329 g/mol. The first-order valence-corrected chi connectivity index (χ1v) is 7.64. The highest BCUT2D eigenvalue weighted by Gasteiger charge is 2.10. The maximum absolute atomic E-state index is 12.3. The van der Waals surface area contributed by atoms with E-state index in [-0.39, 0.29) is 11.6 Å². The van der Waals surface area contributed by atoms with Crippen molar-refractivity contribution in [3.05, 3.63) is 77.5 Å². The number of para-hydroxylation sites is 2. The van der Waals surface area contributed by atoms with E-state index in [4.69, 9.17) is 5.26 Å². The van der Waals surface area contributed by atoms with Gasteiger partial charge in [0.15, 0.2) is 11.5 Å². The van der Waals surface area contributed by atoms with E-state index in [1.165, 1.54) is 0 Å². The third kappa shape index (κ3) is 3.79. The Labute approximate surface area is 145 Å². The number of benzene rings is 2. The molecular weight excluding hydrogens is 314 g/mol. The minimum absolute atomic E-state index is 0.211. The maximum atomic E-state index is 12.3. The first kappa shape index (κ1) is 16.1. The van der Waals surface area contributed by atoms with Crippen LogP contribution in [0.3, 0.4) is 0 Å². The van der Waals surface area contributed by atoms with Gasteiger partial charge < -0.3 is 10.6 Å². The summed E-state index contributed by atoms with van der Waals surface area (Å²) < 4.78 is 0. The van der Waals surface area contributed by atoms with Crippen LogP contribution in [0.2, 0.25) is 0 Å². The normalized spacial score (nSPS) is 9.92. The zero-order chi connectivity index (χ0) is 17.6. The summed E-state index contributed by atoms with van der Waals surface area (Å²) in [6.45, 7) is 1.92. The van der Waals surface area contributed by atoms with Crippen LogP contribution in [0.5, 0.6) is 0 Å². The van der Waals surface area contributed by atoms with Gasteiger partial charge in [-0.3, -0.25) is 4.79 Å². The van der Waals surface area contributed by atoms with Gasteiger partial charge in [0.05, 0.1) is 11.3 Å².